The Kier molecular flexibility index (Phi) is 2.95. The van der Waals surface area contributed by atoms with E-state index in [1.54, 1.807) is 18.3 Å². The molecule has 2 rings (SSSR count). The zero-order valence-electron chi connectivity index (χ0n) is 9.11. The van der Waals surface area contributed by atoms with Crippen LogP contribution in [0.3, 0.4) is 0 Å². The lowest BCUT2D eigenvalue weighted by atomic mass is 10.3. The van der Waals surface area contributed by atoms with E-state index in [-0.39, 0.29) is 11.5 Å². The molecule has 0 saturated carbocycles. The van der Waals surface area contributed by atoms with Crippen LogP contribution in [0.2, 0.25) is 0 Å². The van der Waals surface area contributed by atoms with Crippen LogP contribution in [0, 0.1) is 0 Å². The molecule has 0 radical (unpaired) electrons. The molecule has 0 aliphatic heterocycles. The van der Waals surface area contributed by atoms with Crippen LogP contribution in [0.4, 0.5) is 0 Å². The third-order valence-electron chi connectivity index (χ3n) is 2.23. The second-order valence-corrected chi connectivity index (χ2v) is 5.59. The van der Waals surface area contributed by atoms with Gasteiger partial charge in [-0.25, -0.2) is 13.1 Å². The number of hydrogen-bond donors (Lipinski definition) is 1. The number of rotatable bonds is 3. The summed E-state index contributed by atoms with van der Waals surface area (Å²) in [6, 6.07) is 6.27. The molecule has 0 spiro atoms. The summed E-state index contributed by atoms with van der Waals surface area (Å²) < 4.78 is 24.0. The van der Waals surface area contributed by atoms with Gasteiger partial charge in [0.15, 0.2) is 9.84 Å². The lowest BCUT2D eigenvalue weighted by molar-refractivity contribution is 0.276. The van der Waals surface area contributed by atoms with E-state index in [1.165, 1.54) is 16.8 Å². The monoisotopic (exact) mass is 253 g/mol. The third-order valence-corrected chi connectivity index (χ3v) is 3.36. The topological polar surface area (TPSA) is 85.1 Å². The van der Waals surface area contributed by atoms with Gasteiger partial charge in [0.2, 0.25) is 0 Å². The van der Waals surface area contributed by atoms with E-state index >= 15 is 0 Å². The van der Waals surface area contributed by atoms with Gasteiger partial charge < -0.3 is 5.11 Å². The summed E-state index contributed by atoms with van der Waals surface area (Å²) in [7, 11) is -3.19. The first-order chi connectivity index (χ1) is 8.00. The van der Waals surface area contributed by atoms with Crippen molar-refractivity contribution in [1.29, 1.82) is 0 Å². The van der Waals surface area contributed by atoms with Crippen molar-refractivity contribution in [3.8, 4) is 5.69 Å². The Bertz CT molecular complexity index is 617. The fourth-order valence-corrected chi connectivity index (χ4v) is 1.97. The van der Waals surface area contributed by atoms with Gasteiger partial charge in [-0.3, -0.25) is 0 Å². The Hall–Kier alpha value is -1.73. The van der Waals surface area contributed by atoms with Crippen LogP contribution in [0.15, 0.2) is 35.4 Å². The molecule has 0 fully saturated rings. The highest BCUT2D eigenvalue weighted by atomic mass is 32.2. The summed E-state index contributed by atoms with van der Waals surface area (Å²) in [6.45, 7) is -0.179. The van der Waals surface area contributed by atoms with Crippen LogP contribution >= 0.6 is 0 Å². The zero-order valence-corrected chi connectivity index (χ0v) is 9.92. The van der Waals surface area contributed by atoms with E-state index in [9.17, 15) is 8.42 Å². The van der Waals surface area contributed by atoms with Crippen molar-refractivity contribution in [3.05, 3.63) is 36.2 Å². The zero-order chi connectivity index (χ0) is 12.5. The molecule has 0 aliphatic carbocycles. The summed E-state index contributed by atoms with van der Waals surface area (Å²) in [5.74, 6) is 0. The van der Waals surface area contributed by atoms with Gasteiger partial charge in [-0.1, -0.05) is 5.21 Å². The van der Waals surface area contributed by atoms with Crippen LogP contribution < -0.4 is 0 Å². The molecule has 7 heteroatoms. The van der Waals surface area contributed by atoms with Crippen molar-refractivity contribution >= 4 is 9.84 Å². The summed E-state index contributed by atoms with van der Waals surface area (Å²) in [5, 5.41) is 16.4. The van der Waals surface area contributed by atoms with E-state index in [1.807, 2.05) is 0 Å². The summed E-state index contributed by atoms with van der Waals surface area (Å²) >= 11 is 0. The predicted octanol–water partition coefficient (Wildman–Crippen LogP) is 0.163. The molecule has 2 aromatic rings. The van der Waals surface area contributed by atoms with Crippen molar-refractivity contribution in [2.24, 2.45) is 0 Å². The molecule has 1 heterocycles. The number of nitrogens with zero attached hydrogens (tertiary/aromatic N) is 3. The van der Waals surface area contributed by atoms with Gasteiger partial charge in [0.05, 0.1) is 23.4 Å². The van der Waals surface area contributed by atoms with E-state index in [4.69, 9.17) is 5.11 Å². The Morgan fingerprint density at radius 1 is 1.29 bits per heavy atom. The Labute approximate surface area is 98.4 Å². The normalized spacial score (nSPS) is 11.6. The first-order valence-corrected chi connectivity index (χ1v) is 6.72. The highest BCUT2D eigenvalue weighted by Gasteiger charge is 2.07. The first-order valence-electron chi connectivity index (χ1n) is 4.83. The molecule has 17 heavy (non-hydrogen) atoms. The van der Waals surface area contributed by atoms with Crippen molar-refractivity contribution in [3.63, 3.8) is 0 Å². The van der Waals surface area contributed by atoms with Crippen LogP contribution in [0.5, 0.6) is 0 Å². The largest absolute Gasteiger partial charge is 0.390 e. The summed E-state index contributed by atoms with van der Waals surface area (Å²) in [4.78, 5) is 0.253. The third kappa shape index (κ3) is 2.51. The first kappa shape index (κ1) is 11.7. The van der Waals surface area contributed by atoms with Gasteiger partial charge in [0, 0.05) is 6.26 Å². The molecule has 1 aromatic carbocycles. The number of benzene rings is 1. The highest BCUT2D eigenvalue weighted by Crippen LogP contribution is 2.13. The summed E-state index contributed by atoms with van der Waals surface area (Å²) in [5.41, 5.74) is 1.14. The van der Waals surface area contributed by atoms with Gasteiger partial charge >= 0.3 is 0 Å². The van der Waals surface area contributed by atoms with Gasteiger partial charge in [-0.2, -0.15) is 0 Å². The second kappa shape index (κ2) is 4.27. The average Bonchev–Trinajstić information content (AvgIpc) is 2.76. The van der Waals surface area contributed by atoms with Crippen molar-refractivity contribution in [2.75, 3.05) is 6.26 Å². The van der Waals surface area contributed by atoms with Gasteiger partial charge in [0.1, 0.15) is 5.69 Å². The molecule has 90 valence electrons. The van der Waals surface area contributed by atoms with E-state index < -0.39 is 9.84 Å². The maximum atomic E-state index is 11.3. The maximum absolute atomic E-state index is 11.3. The van der Waals surface area contributed by atoms with Gasteiger partial charge in [-0.15, -0.1) is 5.10 Å². The molecule has 0 unspecified atom stereocenters. The highest BCUT2D eigenvalue weighted by molar-refractivity contribution is 7.90. The molecular weight excluding hydrogens is 242 g/mol. The minimum atomic E-state index is -3.19. The van der Waals surface area contributed by atoms with Crippen LogP contribution in [-0.4, -0.2) is 34.8 Å². The molecule has 0 atom stereocenters. The SMILES string of the molecule is CS(=O)(=O)c1ccc(-n2cc(CO)nn2)cc1. The Morgan fingerprint density at radius 3 is 2.41 bits per heavy atom. The number of hydrogen-bond acceptors (Lipinski definition) is 5. The fraction of sp³-hybridized carbons (Fsp3) is 0.200. The number of aliphatic hydroxyl groups is 1. The van der Waals surface area contributed by atoms with Crippen molar-refractivity contribution in [2.45, 2.75) is 11.5 Å². The second-order valence-electron chi connectivity index (χ2n) is 3.58. The number of aliphatic hydroxyl groups excluding tert-OH is 1. The molecule has 0 amide bonds. The minimum absolute atomic E-state index is 0.179. The Balaban J connectivity index is 2.35. The quantitative estimate of drug-likeness (QED) is 0.842. The van der Waals surface area contributed by atoms with Crippen LogP contribution in [-0.2, 0) is 16.4 Å². The van der Waals surface area contributed by atoms with E-state index in [0.717, 1.165) is 6.26 Å². The van der Waals surface area contributed by atoms with E-state index in [0.29, 0.717) is 11.4 Å². The fourth-order valence-electron chi connectivity index (χ4n) is 1.34. The van der Waals surface area contributed by atoms with Crippen LogP contribution in [0.25, 0.3) is 5.69 Å². The number of sulfone groups is 1. The van der Waals surface area contributed by atoms with Crippen molar-refractivity contribution < 1.29 is 13.5 Å². The predicted molar refractivity (Wildman–Crippen MR) is 60.4 cm³/mol. The minimum Gasteiger partial charge on any atom is -0.390 e. The lowest BCUT2D eigenvalue weighted by Gasteiger charge is -2.01. The van der Waals surface area contributed by atoms with Crippen LogP contribution in [0.1, 0.15) is 5.69 Å². The molecular formula is C10H11N3O3S. The molecule has 0 saturated heterocycles. The summed E-state index contributed by atoms with van der Waals surface area (Å²) in [6.07, 6.45) is 2.73. The molecule has 1 aromatic heterocycles. The average molecular weight is 253 g/mol. The Morgan fingerprint density at radius 2 is 1.94 bits per heavy atom. The number of aromatic nitrogens is 3. The van der Waals surface area contributed by atoms with Crippen molar-refractivity contribution in [1.82, 2.24) is 15.0 Å². The molecule has 0 bridgehead atoms. The maximum Gasteiger partial charge on any atom is 0.175 e. The van der Waals surface area contributed by atoms with Gasteiger partial charge in [0.25, 0.3) is 0 Å². The van der Waals surface area contributed by atoms with Gasteiger partial charge in [-0.05, 0) is 24.3 Å². The molecule has 6 nitrogen and oxygen atoms in total. The lowest BCUT2D eigenvalue weighted by Crippen LogP contribution is -1.99. The smallest absolute Gasteiger partial charge is 0.175 e. The van der Waals surface area contributed by atoms with E-state index in [2.05, 4.69) is 10.3 Å². The molecule has 1 N–H and O–H groups in total. The molecule has 0 aliphatic rings. The standard InChI is InChI=1S/C10H11N3O3S/c1-17(15,16)10-4-2-9(3-5-10)13-6-8(7-14)11-12-13/h2-6,14H,7H2,1H3.